The van der Waals surface area contributed by atoms with Gasteiger partial charge in [-0.3, -0.25) is 0 Å². The number of para-hydroxylation sites is 3. The topological polar surface area (TPSA) is 49.0 Å². The van der Waals surface area contributed by atoms with Crippen LogP contribution in [0.5, 0.6) is 11.5 Å². The van der Waals surface area contributed by atoms with Crippen LogP contribution in [0.2, 0.25) is 5.02 Å². The molecular formula is C20H12ClN3O2. The first-order chi connectivity index (χ1) is 12.7. The van der Waals surface area contributed by atoms with Gasteiger partial charge in [0, 0.05) is 5.02 Å². The number of rotatable bonds is 1. The van der Waals surface area contributed by atoms with Crippen LogP contribution < -0.4 is 10.4 Å². The van der Waals surface area contributed by atoms with E-state index >= 15 is 0 Å². The van der Waals surface area contributed by atoms with Crippen molar-refractivity contribution in [1.29, 1.82) is 0 Å². The van der Waals surface area contributed by atoms with Crippen molar-refractivity contribution >= 4 is 11.6 Å². The molecule has 0 spiro atoms. The number of halogens is 1. The van der Waals surface area contributed by atoms with Gasteiger partial charge in [0.05, 0.1) is 16.9 Å². The molecule has 1 aliphatic heterocycles. The normalized spacial score (nSPS) is 11.7. The highest BCUT2D eigenvalue weighted by Crippen LogP contribution is 2.39. The average molecular weight is 362 g/mol. The number of aromatic nitrogens is 3. The summed E-state index contributed by atoms with van der Waals surface area (Å²) in [6.45, 7) is 0. The first-order valence-corrected chi connectivity index (χ1v) is 8.45. The third kappa shape index (κ3) is 2.18. The molecule has 5 nitrogen and oxygen atoms in total. The van der Waals surface area contributed by atoms with E-state index in [-0.39, 0.29) is 5.69 Å². The molecule has 0 fully saturated rings. The fraction of sp³-hybridized carbons (Fsp3) is 0. The Morgan fingerprint density at radius 2 is 1.65 bits per heavy atom. The quantitative estimate of drug-likeness (QED) is 0.443. The molecule has 0 aliphatic carbocycles. The number of hydrogen-bond acceptors (Lipinski definition) is 3. The van der Waals surface area contributed by atoms with Crippen molar-refractivity contribution in [2.45, 2.75) is 0 Å². The van der Waals surface area contributed by atoms with Gasteiger partial charge in [0.25, 0.3) is 0 Å². The van der Waals surface area contributed by atoms with Crippen LogP contribution >= 0.6 is 11.6 Å². The van der Waals surface area contributed by atoms with Crippen LogP contribution in [0.1, 0.15) is 0 Å². The van der Waals surface area contributed by atoms with Gasteiger partial charge in [-0.25, -0.2) is 9.36 Å². The molecule has 0 unspecified atom stereocenters. The SMILES string of the molecule is O=c1n(-c2cccc(Cl)c2)nc2n1-c1ccccc1Oc1ccccc1-2. The van der Waals surface area contributed by atoms with Gasteiger partial charge in [0.2, 0.25) is 0 Å². The van der Waals surface area contributed by atoms with Crippen LogP contribution in [0, 0.1) is 0 Å². The molecular weight excluding hydrogens is 350 g/mol. The Hall–Kier alpha value is -3.31. The van der Waals surface area contributed by atoms with Crippen molar-refractivity contribution in [2.75, 3.05) is 0 Å². The summed E-state index contributed by atoms with van der Waals surface area (Å²) in [7, 11) is 0. The number of ether oxygens (including phenoxy) is 1. The van der Waals surface area contributed by atoms with Gasteiger partial charge < -0.3 is 4.74 Å². The molecule has 126 valence electrons. The van der Waals surface area contributed by atoms with Gasteiger partial charge in [-0.2, -0.15) is 4.68 Å². The Balaban J connectivity index is 1.88. The molecule has 0 bridgehead atoms. The second kappa shape index (κ2) is 5.61. The molecule has 0 N–H and O–H groups in total. The maximum absolute atomic E-state index is 13.2. The summed E-state index contributed by atoms with van der Waals surface area (Å²) < 4.78 is 8.97. The highest BCUT2D eigenvalue weighted by atomic mass is 35.5. The zero-order valence-electron chi connectivity index (χ0n) is 13.5. The number of hydrogen-bond donors (Lipinski definition) is 0. The van der Waals surface area contributed by atoms with Crippen LogP contribution in [0.4, 0.5) is 0 Å². The molecule has 0 atom stereocenters. The molecule has 0 radical (unpaired) electrons. The van der Waals surface area contributed by atoms with Crippen molar-refractivity contribution in [1.82, 2.24) is 14.3 Å². The van der Waals surface area contributed by atoms with Crippen molar-refractivity contribution in [2.24, 2.45) is 0 Å². The highest BCUT2D eigenvalue weighted by molar-refractivity contribution is 6.30. The summed E-state index contributed by atoms with van der Waals surface area (Å²) in [4.78, 5) is 13.2. The van der Waals surface area contributed by atoms with Crippen molar-refractivity contribution < 1.29 is 4.74 Å². The third-order valence-corrected chi connectivity index (χ3v) is 4.52. The van der Waals surface area contributed by atoms with Gasteiger partial charge in [0.1, 0.15) is 5.75 Å². The summed E-state index contributed by atoms with van der Waals surface area (Å²) >= 11 is 6.09. The predicted molar refractivity (Wildman–Crippen MR) is 99.7 cm³/mol. The number of fused-ring (bicyclic) bond motifs is 5. The van der Waals surface area contributed by atoms with E-state index in [4.69, 9.17) is 16.3 Å². The molecule has 6 heteroatoms. The zero-order chi connectivity index (χ0) is 17.7. The Labute approximate surface area is 153 Å². The summed E-state index contributed by atoms with van der Waals surface area (Å²) in [6.07, 6.45) is 0. The molecule has 26 heavy (non-hydrogen) atoms. The molecule has 2 heterocycles. The number of nitrogens with zero attached hydrogens (tertiary/aromatic N) is 3. The minimum absolute atomic E-state index is 0.282. The van der Waals surface area contributed by atoms with E-state index in [2.05, 4.69) is 5.10 Å². The molecule has 0 saturated heterocycles. The molecule has 3 aromatic carbocycles. The van der Waals surface area contributed by atoms with Crippen LogP contribution in [0.25, 0.3) is 22.8 Å². The Bertz CT molecular complexity index is 1210. The van der Waals surface area contributed by atoms with Crippen LogP contribution in [-0.2, 0) is 0 Å². The number of benzene rings is 3. The van der Waals surface area contributed by atoms with Crippen LogP contribution in [0.3, 0.4) is 0 Å². The van der Waals surface area contributed by atoms with Crippen LogP contribution in [-0.4, -0.2) is 14.3 Å². The Kier molecular flexibility index (Phi) is 3.23. The van der Waals surface area contributed by atoms with Crippen molar-refractivity contribution in [3.8, 4) is 34.3 Å². The third-order valence-electron chi connectivity index (χ3n) is 4.29. The van der Waals surface area contributed by atoms with Gasteiger partial charge >= 0.3 is 5.69 Å². The van der Waals surface area contributed by atoms with E-state index in [9.17, 15) is 4.79 Å². The average Bonchev–Trinajstić information content (AvgIpc) is 2.92. The molecule has 4 aromatic rings. The lowest BCUT2D eigenvalue weighted by Gasteiger charge is -2.08. The van der Waals surface area contributed by atoms with Gasteiger partial charge in [-0.15, -0.1) is 5.10 Å². The largest absolute Gasteiger partial charge is 0.454 e. The molecule has 0 amide bonds. The second-order valence-electron chi connectivity index (χ2n) is 5.90. The molecule has 5 rings (SSSR count). The lowest BCUT2D eigenvalue weighted by Crippen LogP contribution is -2.22. The molecule has 1 aliphatic rings. The van der Waals surface area contributed by atoms with E-state index in [1.807, 2.05) is 48.5 Å². The van der Waals surface area contributed by atoms with E-state index in [0.717, 1.165) is 5.56 Å². The first kappa shape index (κ1) is 15.0. The zero-order valence-corrected chi connectivity index (χ0v) is 14.2. The fourth-order valence-electron chi connectivity index (χ4n) is 3.12. The van der Waals surface area contributed by atoms with Crippen molar-refractivity contribution in [3.05, 3.63) is 88.3 Å². The summed E-state index contributed by atoms with van der Waals surface area (Å²) in [5.74, 6) is 1.78. The van der Waals surface area contributed by atoms with E-state index < -0.39 is 0 Å². The van der Waals surface area contributed by atoms with Crippen molar-refractivity contribution in [3.63, 3.8) is 0 Å². The minimum Gasteiger partial charge on any atom is -0.454 e. The molecule has 0 saturated carbocycles. The monoisotopic (exact) mass is 361 g/mol. The van der Waals surface area contributed by atoms with E-state index in [0.29, 0.717) is 33.7 Å². The van der Waals surface area contributed by atoms with Gasteiger partial charge in [-0.1, -0.05) is 41.9 Å². The maximum atomic E-state index is 13.2. The summed E-state index contributed by atoms with van der Waals surface area (Å²) in [5, 5.41) is 5.13. The van der Waals surface area contributed by atoms with Crippen LogP contribution in [0.15, 0.2) is 77.6 Å². The standard InChI is InChI=1S/C20H12ClN3O2/c21-13-6-5-7-14(12-13)24-20(25)23-16-9-2-4-11-18(16)26-17-10-3-1-8-15(17)19(23)22-24/h1-12H. The molecule has 1 aromatic heterocycles. The first-order valence-electron chi connectivity index (χ1n) is 8.07. The van der Waals surface area contributed by atoms with Gasteiger partial charge in [-0.05, 0) is 42.5 Å². The Morgan fingerprint density at radius 1 is 0.885 bits per heavy atom. The highest BCUT2D eigenvalue weighted by Gasteiger charge is 2.25. The lowest BCUT2D eigenvalue weighted by molar-refractivity contribution is 0.484. The summed E-state index contributed by atoms with van der Waals surface area (Å²) in [6, 6.07) is 22.0. The summed E-state index contributed by atoms with van der Waals surface area (Å²) in [5.41, 5.74) is 1.73. The maximum Gasteiger partial charge on any atom is 0.355 e. The van der Waals surface area contributed by atoms with Gasteiger partial charge in [0.15, 0.2) is 11.6 Å². The second-order valence-corrected chi connectivity index (χ2v) is 6.34. The minimum atomic E-state index is -0.282. The van der Waals surface area contributed by atoms with E-state index in [1.165, 1.54) is 4.68 Å². The smallest absolute Gasteiger partial charge is 0.355 e. The predicted octanol–water partition coefficient (Wildman–Crippen LogP) is 4.45. The Morgan fingerprint density at radius 3 is 2.50 bits per heavy atom. The fourth-order valence-corrected chi connectivity index (χ4v) is 3.31. The lowest BCUT2D eigenvalue weighted by atomic mass is 10.2. The van der Waals surface area contributed by atoms with E-state index in [1.54, 1.807) is 28.8 Å².